The zero-order valence-electron chi connectivity index (χ0n) is 20.1. The number of aryl methyl sites for hydroxylation is 1. The Kier molecular flexibility index (Phi) is 6.14. The van der Waals surface area contributed by atoms with Gasteiger partial charge in [-0.3, -0.25) is 9.48 Å². The smallest absolute Gasteiger partial charge is 0.253 e. The summed E-state index contributed by atoms with van der Waals surface area (Å²) in [5.41, 5.74) is 6.51. The van der Waals surface area contributed by atoms with Gasteiger partial charge in [0, 0.05) is 30.4 Å². The van der Waals surface area contributed by atoms with Crippen molar-refractivity contribution < 1.29 is 4.79 Å². The van der Waals surface area contributed by atoms with E-state index >= 15 is 0 Å². The first kappa shape index (κ1) is 22.5. The maximum absolute atomic E-state index is 13.1. The van der Waals surface area contributed by atoms with Crippen LogP contribution in [0.1, 0.15) is 47.1 Å². The summed E-state index contributed by atoms with van der Waals surface area (Å²) in [5.74, 6) is -0.140. The average molecular weight is 465 g/mol. The normalized spacial score (nSPS) is 11.3. The fourth-order valence-electron chi connectivity index (χ4n) is 4.27. The van der Waals surface area contributed by atoms with Crippen molar-refractivity contribution in [2.24, 2.45) is 0 Å². The fourth-order valence-corrected chi connectivity index (χ4v) is 4.27. The maximum Gasteiger partial charge on any atom is 0.253 e. The van der Waals surface area contributed by atoms with Gasteiger partial charge in [-0.25, -0.2) is 9.67 Å². The van der Waals surface area contributed by atoms with Crippen LogP contribution in [0.15, 0.2) is 79.3 Å². The van der Waals surface area contributed by atoms with Gasteiger partial charge in [0.1, 0.15) is 0 Å². The summed E-state index contributed by atoms with van der Waals surface area (Å²) in [6, 6.07) is 20.6. The third kappa shape index (κ3) is 4.71. The third-order valence-corrected chi connectivity index (χ3v) is 6.12. The molecule has 3 heterocycles. The zero-order chi connectivity index (χ0) is 24.4. The highest BCUT2D eigenvalue weighted by molar-refractivity contribution is 5.98. The van der Waals surface area contributed by atoms with Crippen LogP contribution in [0.25, 0.3) is 22.2 Å². The predicted molar refractivity (Wildman–Crippen MR) is 137 cm³/mol. The van der Waals surface area contributed by atoms with Crippen LogP contribution in [0, 0.1) is 6.92 Å². The second-order valence-electron chi connectivity index (χ2n) is 8.96. The number of hydrogen-bond donors (Lipinski definition) is 1. The molecule has 0 atom stereocenters. The highest BCUT2D eigenvalue weighted by Gasteiger charge is 2.16. The number of aromatic nitrogens is 5. The van der Waals surface area contributed by atoms with Crippen LogP contribution in [0.3, 0.4) is 0 Å². The Hall–Kier alpha value is -4.26. The van der Waals surface area contributed by atoms with Crippen molar-refractivity contribution in [1.82, 2.24) is 29.9 Å². The Morgan fingerprint density at radius 1 is 1.03 bits per heavy atom. The number of amides is 1. The predicted octanol–water partition coefficient (Wildman–Crippen LogP) is 5.16. The second kappa shape index (κ2) is 9.54. The molecule has 5 rings (SSSR count). The van der Waals surface area contributed by atoms with Crippen LogP contribution >= 0.6 is 0 Å². The number of hydrogen-bond acceptors (Lipinski definition) is 4. The minimum atomic E-state index is -0.140. The van der Waals surface area contributed by atoms with Crippen LogP contribution in [-0.4, -0.2) is 30.5 Å². The summed E-state index contributed by atoms with van der Waals surface area (Å²) >= 11 is 0. The first-order valence-corrected chi connectivity index (χ1v) is 11.8. The minimum absolute atomic E-state index is 0.140. The molecule has 0 bridgehead atoms. The number of rotatable bonds is 7. The summed E-state index contributed by atoms with van der Waals surface area (Å²) < 4.78 is 3.78. The molecule has 0 spiro atoms. The van der Waals surface area contributed by atoms with Gasteiger partial charge < -0.3 is 5.32 Å². The van der Waals surface area contributed by atoms with Gasteiger partial charge >= 0.3 is 0 Å². The molecule has 0 aliphatic rings. The summed E-state index contributed by atoms with van der Waals surface area (Å²) in [4.78, 5) is 17.7. The molecule has 1 amide bonds. The number of benzene rings is 2. The van der Waals surface area contributed by atoms with Gasteiger partial charge in [-0.2, -0.15) is 10.2 Å². The molecule has 35 heavy (non-hydrogen) atoms. The Balaban J connectivity index is 1.33. The largest absolute Gasteiger partial charge is 0.348 e. The highest BCUT2D eigenvalue weighted by Crippen LogP contribution is 2.25. The van der Waals surface area contributed by atoms with Crippen molar-refractivity contribution in [3.8, 4) is 11.1 Å². The lowest BCUT2D eigenvalue weighted by Crippen LogP contribution is -2.24. The van der Waals surface area contributed by atoms with Crippen LogP contribution in [0.4, 0.5) is 0 Å². The van der Waals surface area contributed by atoms with Gasteiger partial charge in [-0.1, -0.05) is 48.5 Å². The Morgan fingerprint density at radius 2 is 1.83 bits per heavy atom. The van der Waals surface area contributed by atoms with E-state index in [9.17, 15) is 4.79 Å². The lowest BCUT2D eigenvalue weighted by Gasteiger charge is -2.13. The van der Waals surface area contributed by atoms with Crippen molar-refractivity contribution in [2.75, 3.05) is 0 Å². The summed E-state index contributed by atoms with van der Waals surface area (Å²) in [5, 5.41) is 12.6. The molecule has 0 fully saturated rings. The Morgan fingerprint density at radius 3 is 2.57 bits per heavy atom. The van der Waals surface area contributed by atoms with E-state index < -0.39 is 0 Å². The minimum Gasteiger partial charge on any atom is -0.348 e. The zero-order valence-corrected chi connectivity index (χ0v) is 20.1. The molecule has 0 saturated heterocycles. The molecule has 0 aliphatic heterocycles. The first-order chi connectivity index (χ1) is 17.0. The van der Waals surface area contributed by atoms with E-state index in [1.54, 1.807) is 12.4 Å². The fraction of sp³-hybridized carbons (Fsp3) is 0.214. The summed E-state index contributed by atoms with van der Waals surface area (Å²) in [6.07, 6.45) is 5.51. The average Bonchev–Trinajstić information content (AvgIpc) is 3.52. The molecular formula is C28H28N6O. The van der Waals surface area contributed by atoms with Gasteiger partial charge in [-0.05, 0) is 55.2 Å². The van der Waals surface area contributed by atoms with Gasteiger partial charge in [0.2, 0.25) is 0 Å². The number of fused-ring (bicyclic) bond motifs is 1. The Labute approximate surface area is 204 Å². The van der Waals surface area contributed by atoms with Crippen LogP contribution in [0.5, 0.6) is 0 Å². The molecule has 0 radical (unpaired) electrons. The molecule has 3 aromatic heterocycles. The van der Waals surface area contributed by atoms with Gasteiger partial charge in [0.05, 0.1) is 24.0 Å². The van der Waals surface area contributed by atoms with Gasteiger partial charge in [0.15, 0.2) is 5.65 Å². The van der Waals surface area contributed by atoms with Gasteiger partial charge in [0.25, 0.3) is 5.91 Å². The van der Waals surface area contributed by atoms with E-state index in [-0.39, 0.29) is 11.9 Å². The van der Waals surface area contributed by atoms with Crippen molar-refractivity contribution in [2.45, 2.75) is 39.9 Å². The molecular weight excluding hydrogens is 436 g/mol. The first-order valence-electron chi connectivity index (χ1n) is 11.8. The molecule has 2 aromatic carbocycles. The molecule has 0 unspecified atom stereocenters. The van der Waals surface area contributed by atoms with Crippen molar-refractivity contribution >= 4 is 16.9 Å². The molecule has 0 aliphatic carbocycles. The van der Waals surface area contributed by atoms with Crippen LogP contribution in [-0.2, 0) is 13.1 Å². The summed E-state index contributed by atoms with van der Waals surface area (Å²) in [6.45, 7) is 7.15. The van der Waals surface area contributed by atoms with Gasteiger partial charge in [-0.15, -0.1) is 0 Å². The lowest BCUT2D eigenvalue weighted by molar-refractivity contribution is 0.0950. The molecule has 7 heteroatoms. The van der Waals surface area contributed by atoms with E-state index in [0.29, 0.717) is 17.8 Å². The van der Waals surface area contributed by atoms with Crippen LogP contribution < -0.4 is 5.32 Å². The molecule has 5 aromatic rings. The van der Waals surface area contributed by atoms with E-state index in [2.05, 4.69) is 64.7 Å². The van der Waals surface area contributed by atoms with Crippen molar-refractivity contribution in [3.63, 3.8) is 0 Å². The highest BCUT2D eigenvalue weighted by atomic mass is 16.1. The molecule has 176 valence electrons. The number of nitrogens with one attached hydrogen (secondary N) is 1. The lowest BCUT2D eigenvalue weighted by atomic mass is 9.98. The quantitative estimate of drug-likeness (QED) is 0.361. The molecule has 7 nitrogen and oxygen atoms in total. The summed E-state index contributed by atoms with van der Waals surface area (Å²) in [7, 11) is 0. The molecule has 0 saturated carbocycles. The third-order valence-electron chi connectivity index (χ3n) is 6.12. The van der Waals surface area contributed by atoms with E-state index in [1.807, 2.05) is 52.8 Å². The monoisotopic (exact) mass is 464 g/mol. The van der Waals surface area contributed by atoms with E-state index in [4.69, 9.17) is 0 Å². The standard InChI is InChI=1S/C28H28N6O/c1-19(2)34-27-24(17-31-34)15-26(20(3)32-27)28(35)29-16-23-7-4-5-8-25(23)22-11-9-21(10-12-22)18-33-14-6-13-30-33/h4-15,17,19H,16,18H2,1-3H3,(H,29,35). The van der Waals surface area contributed by atoms with E-state index in [0.717, 1.165) is 34.3 Å². The second-order valence-corrected chi connectivity index (χ2v) is 8.96. The maximum atomic E-state index is 13.1. The van der Waals surface area contributed by atoms with Crippen molar-refractivity contribution in [3.05, 3.63) is 102 Å². The van der Waals surface area contributed by atoms with Crippen LogP contribution in [0.2, 0.25) is 0 Å². The van der Waals surface area contributed by atoms with Crippen molar-refractivity contribution in [1.29, 1.82) is 0 Å². The number of nitrogens with zero attached hydrogens (tertiary/aromatic N) is 5. The number of pyridine rings is 1. The Bertz CT molecular complexity index is 1470. The van der Waals surface area contributed by atoms with E-state index in [1.165, 1.54) is 5.56 Å². The molecule has 1 N–H and O–H groups in total. The number of carbonyl (C=O) groups is 1. The number of carbonyl (C=O) groups excluding carboxylic acids is 1. The topological polar surface area (TPSA) is 77.6 Å². The SMILES string of the molecule is Cc1nc2c(cnn2C(C)C)cc1C(=O)NCc1ccccc1-c1ccc(Cn2cccn2)cc1.